The number of hydrogen-bond donors (Lipinski definition) is 1. The Hall–Kier alpha value is 3.14. The number of carbonyl (C=O) groups excluding carboxylic acids is 1. The first-order valence-electron chi connectivity index (χ1n) is 38.5. The van der Waals surface area contributed by atoms with Gasteiger partial charge in [-0.1, -0.05) is 51.4 Å². The lowest BCUT2D eigenvalue weighted by atomic mass is 10.1. The molecule has 0 atom stereocenters. The van der Waals surface area contributed by atoms with Crippen molar-refractivity contribution in [3.63, 3.8) is 0 Å². The highest BCUT2D eigenvalue weighted by atomic mass is 28.6. The molecule has 0 rings (SSSR count). The molecule has 0 aromatic rings. The Morgan fingerprint density at radius 2 is 0.381 bits per heavy atom. The minimum atomic E-state index is -2.89. The van der Waals surface area contributed by atoms with E-state index >= 15 is 0 Å². The molecule has 24 nitrogen and oxygen atoms in total. The molecule has 0 aliphatic carbocycles. The molecule has 0 saturated heterocycles. The second-order valence-electron chi connectivity index (χ2n) is 37.8. The van der Waals surface area contributed by atoms with Gasteiger partial charge in [-0.2, -0.15) is 0 Å². The molecule has 0 aromatic carbocycles. The van der Waals surface area contributed by atoms with E-state index in [1.165, 1.54) is 32.1 Å². The maximum absolute atomic E-state index is 12.4. The van der Waals surface area contributed by atoms with Crippen molar-refractivity contribution in [1.29, 1.82) is 0 Å². The fraction of sp³-hybridized carbons (Fsp3) is 0.983. The average Bonchev–Trinajstić information content (AvgIpc) is 0.805. The van der Waals surface area contributed by atoms with Crippen LogP contribution in [0.2, 0.25) is 281 Å². The van der Waals surface area contributed by atoms with Crippen LogP contribution in [0.3, 0.4) is 0 Å². The third kappa shape index (κ3) is 52.5. The van der Waals surface area contributed by atoms with Crippen LogP contribution in [0, 0.1) is 0 Å². The molecule has 0 saturated carbocycles. The molecule has 1 N–H and O–H groups in total. The van der Waals surface area contributed by atoms with E-state index in [2.05, 4.69) is 274 Å². The van der Waals surface area contributed by atoms with Crippen LogP contribution in [-0.2, 0) is 96.3 Å². The van der Waals surface area contributed by atoms with Crippen LogP contribution in [0.4, 0.5) is 0 Å². The van der Waals surface area contributed by atoms with Crippen LogP contribution in [0.5, 0.6) is 0 Å². The van der Waals surface area contributed by atoms with Crippen LogP contribution in [0.15, 0.2) is 0 Å². The Morgan fingerprint density at radius 3 is 0.590 bits per heavy atom. The minimum Gasteiger partial charge on any atom is -0.437 e. The van der Waals surface area contributed by atoms with Gasteiger partial charge in [0.05, 0.1) is 0 Å². The highest BCUT2D eigenvalue weighted by molar-refractivity contribution is 6.96. The number of carbonyl (C=O) groups is 1. The lowest BCUT2D eigenvalue weighted by Crippen LogP contribution is -2.63. The normalized spacial score (nSPS) is 15.4. The highest BCUT2D eigenvalue weighted by Crippen LogP contribution is 2.36. The van der Waals surface area contributed by atoms with E-state index in [-0.39, 0.29) is 5.91 Å². The summed E-state index contributed by atoms with van der Waals surface area (Å²) >= 11 is 0. The first-order valence-corrected chi connectivity index (χ1v) is 97.6. The van der Waals surface area contributed by atoms with Gasteiger partial charge in [-0.15, -0.1) is 0 Å². The smallest absolute Gasteiger partial charge is 0.437 e. The molecule has 0 unspecified atom stereocenters. The Morgan fingerprint density at radius 1 is 0.210 bits per heavy atom. The second-order valence-corrected chi connectivity index (χ2v) is 115. The molecule has 630 valence electrons. The van der Waals surface area contributed by atoms with Crippen LogP contribution in [0.25, 0.3) is 0 Å². The summed E-state index contributed by atoms with van der Waals surface area (Å²) in [4.78, 5) is 12.4. The number of nitrogens with one attached hydrogen (secondary N) is 1. The van der Waals surface area contributed by atoms with Gasteiger partial charge in [-0.25, -0.2) is 0 Å². The van der Waals surface area contributed by atoms with Crippen molar-refractivity contribution in [2.45, 2.75) is 358 Å². The van der Waals surface area contributed by atoms with Crippen LogP contribution in [-0.4, -0.2) is 213 Å². The Balaban J connectivity index is 5.45. The van der Waals surface area contributed by atoms with E-state index in [0.29, 0.717) is 13.0 Å². The number of amides is 1. The summed E-state index contributed by atoms with van der Waals surface area (Å²) in [6.45, 7) is 86.7. The van der Waals surface area contributed by atoms with Gasteiger partial charge in [0.2, 0.25) is 5.91 Å². The third-order valence-corrected chi connectivity index (χ3v) is 94.6. The molecular weight excluding hydrogens is 1690 g/mol. The molecule has 0 aliphatic heterocycles. The maximum atomic E-state index is 12.4. The monoisotopic (exact) mass is 1850 g/mol. The van der Waals surface area contributed by atoms with Crippen molar-refractivity contribution in [3.8, 4) is 0 Å². The van der Waals surface area contributed by atoms with Crippen molar-refractivity contribution in [1.82, 2.24) is 5.32 Å². The molecule has 105 heavy (non-hydrogen) atoms. The largest absolute Gasteiger partial charge is 0.500 e. The van der Waals surface area contributed by atoms with E-state index in [0.717, 1.165) is 50.6 Å². The van der Waals surface area contributed by atoms with Gasteiger partial charge in [0.1, 0.15) is 0 Å². The summed E-state index contributed by atoms with van der Waals surface area (Å²) in [7, 11) is -51.6. The van der Waals surface area contributed by atoms with Crippen molar-refractivity contribution >= 4 is 185 Å². The quantitative estimate of drug-likeness (QED) is 0.0440. The zero-order valence-electron chi connectivity index (χ0n) is 75.5. The average molecular weight is 1860 g/mol. The van der Waals surface area contributed by atoms with Gasteiger partial charge in [-0.3, -0.25) is 4.79 Å². The van der Waals surface area contributed by atoms with E-state index in [1.807, 2.05) is 0 Å². The summed E-state index contributed by atoms with van der Waals surface area (Å²) in [5, 5.41) is 3.08. The highest BCUT2D eigenvalue weighted by Gasteiger charge is 2.55. The fourth-order valence-electron chi connectivity index (χ4n) is 15.3. The second kappa shape index (κ2) is 41.7. The first kappa shape index (κ1) is 108. The standard InChI is InChI=1S/C60H163NO23Si21/c1-63-105(64-2,65-3)59-55-51-53-57-61-60(62)56-52-49-47-45-46-48-50-54-58-86(7,8)67-88(11,12)69-90(15,16)71-92(19,20)73-94(23,24)75-96(27,28)77-98(31,32)79-100(35,36)81-102(39,40)83-104(43,44)84-103(41,42)82-101(37,38)80-99(33,34)78-97(29,30)76-95(25,26)74-93(21,22)72-91(17,18)70-89(13,14)68-87(9,10)66-85(4,5)6/h45-59H2,1-44H3,(H,61,62). The van der Waals surface area contributed by atoms with Crippen LogP contribution in [0.1, 0.15) is 77.0 Å². The van der Waals surface area contributed by atoms with E-state index < -0.39 is 180 Å². The van der Waals surface area contributed by atoms with Gasteiger partial charge in [0, 0.05) is 40.3 Å². The summed E-state index contributed by atoms with van der Waals surface area (Å²) in [6, 6.07) is 1.88. The third-order valence-electron chi connectivity index (χ3n) is 14.8. The minimum absolute atomic E-state index is 0.154. The SMILES string of the molecule is CO[Si](CCCCCNC(=O)CCCCCCCCCC[Si](C)(C)O[Si](C)(C)O[Si](C)(C)O[Si](C)(C)O[Si](C)(C)O[Si](C)(C)O[Si](C)(C)O[Si](C)(C)O[Si](C)(C)O[Si](C)(C)O[Si](C)(C)O[Si](C)(C)O[Si](C)(C)O[Si](C)(C)O[Si](C)(C)O[Si](C)(C)O[Si](C)(C)O[Si](C)(C)O[Si](C)(C)O[Si](C)(C)C)(OC)OC. The summed E-state index contributed by atoms with van der Waals surface area (Å²) < 4.78 is 148. The predicted octanol–water partition coefficient (Wildman–Crippen LogP) is 19.6. The lowest BCUT2D eigenvalue weighted by molar-refractivity contribution is -0.121. The van der Waals surface area contributed by atoms with Gasteiger partial charge in [0.25, 0.3) is 0 Å². The molecule has 0 fully saturated rings. The molecule has 0 aliphatic rings. The summed E-state index contributed by atoms with van der Waals surface area (Å²) in [5.41, 5.74) is 0. The maximum Gasteiger partial charge on any atom is 0.500 e. The van der Waals surface area contributed by atoms with Crippen LogP contribution < -0.4 is 5.32 Å². The van der Waals surface area contributed by atoms with Crippen LogP contribution >= 0.6 is 0 Å². The number of hydrogen-bond acceptors (Lipinski definition) is 23. The van der Waals surface area contributed by atoms with E-state index in [1.54, 1.807) is 21.3 Å². The summed E-state index contributed by atoms with van der Waals surface area (Å²) in [5.74, 6) is 0.154. The predicted molar refractivity (Wildman–Crippen MR) is 481 cm³/mol. The Bertz CT molecular complexity index is 2570. The number of rotatable bonds is 58. The topological polar surface area (TPSA) is 232 Å². The molecule has 0 radical (unpaired) electrons. The van der Waals surface area contributed by atoms with Crippen molar-refractivity contribution in [2.75, 3.05) is 27.9 Å². The Labute approximate surface area is 667 Å². The summed E-state index contributed by atoms with van der Waals surface area (Å²) in [6.07, 6.45) is 12.7. The van der Waals surface area contributed by atoms with E-state index in [9.17, 15) is 4.79 Å². The van der Waals surface area contributed by atoms with E-state index in [4.69, 9.17) is 91.5 Å². The van der Waals surface area contributed by atoms with Crippen molar-refractivity contribution < 1.29 is 96.3 Å². The molecular formula is C60H163NO23Si21. The molecule has 45 heteroatoms. The molecule has 0 spiro atoms. The molecule has 1 amide bonds. The fourth-order valence-corrected chi connectivity index (χ4v) is 120. The first-order chi connectivity index (χ1) is 46.2. The van der Waals surface area contributed by atoms with Gasteiger partial charge in [-0.05, 0) is 294 Å². The zero-order chi connectivity index (χ0) is 82.9. The molecule has 0 bridgehead atoms. The molecule has 0 heterocycles. The lowest BCUT2D eigenvalue weighted by Gasteiger charge is -2.45. The van der Waals surface area contributed by atoms with Gasteiger partial charge >= 0.3 is 163 Å². The van der Waals surface area contributed by atoms with Gasteiger partial charge in [0.15, 0.2) is 16.6 Å². The van der Waals surface area contributed by atoms with Crippen molar-refractivity contribution in [2.24, 2.45) is 0 Å². The van der Waals surface area contributed by atoms with Gasteiger partial charge < -0.3 is 96.8 Å². The van der Waals surface area contributed by atoms with Crippen molar-refractivity contribution in [3.05, 3.63) is 0 Å². The Kier molecular flexibility index (Phi) is 42.9. The number of unbranched alkanes of at least 4 members (excludes halogenated alkanes) is 9. The zero-order valence-corrected chi connectivity index (χ0v) is 96.5. The molecule has 0 aromatic heterocycles.